The minimum Gasteiger partial charge on any atom is -0.333 e. The molecular weight excluding hydrogens is 246 g/mol. The van der Waals surface area contributed by atoms with Gasteiger partial charge in [-0.05, 0) is 24.2 Å². The van der Waals surface area contributed by atoms with Gasteiger partial charge in [-0.2, -0.15) is 0 Å². The Kier molecular flexibility index (Phi) is 4.79. The lowest BCUT2D eigenvalue weighted by Gasteiger charge is -2.02. The SMILES string of the molecule is CCNCCc1cn(Cc2cccc(Cl)c2)cn1. The van der Waals surface area contributed by atoms with Crippen LogP contribution in [0.1, 0.15) is 18.2 Å². The molecule has 1 aromatic heterocycles. The zero-order chi connectivity index (χ0) is 12.8. The van der Waals surface area contributed by atoms with Crippen molar-refractivity contribution in [2.45, 2.75) is 19.9 Å². The van der Waals surface area contributed by atoms with Crippen LogP contribution in [0.25, 0.3) is 0 Å². The average molecular weight is 264 g/mol. The van der Waals surface area contributed by atoms with Gasteiger partial charge in [-0.3, -0.25) is 0 Å². The van der Waals surface area contributed by atoms with Gasteiger partial charge in [0.05, 0.1) is 12.0 Å². The molecule has 0 radical (unpaired) electrons. The Morgan fingerprint density at radius 2 is 2.28 bits per heavy atom. The van der Waals surface area contributed by atoms with Gasteiger partial charge in [0.25, 0.3) is 0 Å². The highest BCUT2D eigenvalue weighted by Crippen LogP contribution is 2.12. The van der Waals surface area contributed by atoms with E-state index < -0.39 is 0 Å². The van der Waals surface area contributed by atoms with Gasteiger partial charge < -0.3 is 9.88 Å². The number of likely N-dealkylation sites (N-methyl/N-ethyl adjacent to an activating group) is 1. The molecule has 0 fully saturated rings. The Balaban J connectivity index is 1.94. The molecule has 3 nitrogen and oxygen atoms in total. The Bertz CT molecular complexity index is 493. The lowest BCUT2D eigenvalue weighted by atomic mass is 10.2. The standard InChI is InChI=1S/C14H18ClN3/c1-2-16-7-6-14-10-18(11-17-14)9-12-4-3-5-13(15)8-12/h3-5,8,10-11,16H,2,6-7,9H2,1H3. The van der Waals surface area contributed by atoms with Crippen LogP contribution < -0.4 is 5.32 Å². The number of halogens is 1. The van der Waals surface area contributed by atoms with Gasteiger partial charge in [-0.25, -0.2) is 4.98 Å². The van der Waals surface area contributed by atoms with Gasteiger partial charge >= 0.3 is 0 Å². The molecule has 1 heterocycles. The summed E-state index contributed by atoms with van der Waals surface area (Å²) in [6, 6.07) is 7.92. The first-order valence-electron chi connectivity index (χ1n) is 6.23. The van der Waals surface area contributed by atoms with Crippen molar-refractivity contribution in [3.8, 4) is 0 Å². The summed E-state index contributed by atoms with van der Waals surface area (Å²) in [5, 5.41) is 4.07. The molecule has 1 N–H and O–H groups in total. The second kappa shape index (κ2) is 6.57. The lowest BCUT2D eigenvalue weighted by molar-refractivity contribution is 0.708. The molecule has 18 heavy (non-hydrogen) atoms. The first-order valence-corrected chi connectivity index (χ1v) is 6.61. The number of benzene rings is 1. The summed E-state index contributed by atoms with van der Waals surface area (Å²) >= 11 is 5.97. The van der Waals surface area contributed by atoms with Crippen LogP contribution in [0.15, 0.2) is 36.8 Å². The number of imidazole rings is 1. The second-order valence-electron chi connectivity index (χ2n) is 4.27. The molecule has 0 unspecified atom stereocenters. The Morgan fingerprint density at radius 1 is 1.39 bits per heavy atom. The van der Waals surface area contributed by atoms with Gasteiger partial charge in [0, 0.05) is 30.7 Å². The van der Waals surface area contributed by atoms with E-state index in [0.717, 1.165) is 36.8 Å². The molecule has 0 spiro atoms. The van der Waals surface area contributed by atoms with Gasteiger partial charge in [0.1, 0.15) is 0 Å². The van der Waals surface area contributed by atoms with Crippen LogP contribution in [0.4, 0.5) is 0 Å². The highest BCUT2D eigenvalue weighted by molar-refractivity contribution is 6.30. The molecule has 0 aliphatic rings. The summed E-state index contributed by atoms with van der Waals surface area (Å²) in [5.74, 6) is 0. The Hall–Kier alpha value is -1.32. The fraction of sp³-hybridized carbons (Fsp3) is 0.357. The maximum absolute atomic E-state index is 5.97. The van der Waals surface area contributed by atoms with Crippen molar-refractivity contribution in [1.29, 1.82) is 0 Å². The fourth-order valence-corrected chi connectivity index (χ4v) is 2.07. The minimum atomic E-state index is 0.778. The average Bonchev–Trinajstić information content (AvgIpc) is 2.77. The van der Waals surface area contributed by atoms with Crippen LogP contribution in [0.5, 0.6) is 0 Å². The van der Waals surface area contributed by atoms with E-state index in [4.69, 9.17) is 11.6 Å². The third kappa shape index (κ3) is 3.86. The molecule has 2 rings (SSSR count). The van der Waals surface area contributed by atoms with Crippen LogP contribution in [0.2, 0.25) is 5.02 Å². The second-order valence-corrected chi connectivity index (χ2v) is 4.71. The van der Waals surface area contributed by atoms with Gasteiger partial charge in [0.2, 0.25) is 0 Å². The zero-order valence-electron chi connectivity index (χ0n) is 10.6. The summed E-state index contributed by atoms with van der Waals surface area (Å²) in [5.41, 5.74) is 2.32. The quantitative estimate of drug-likeness (QED) is 0.813. The molecule has 0 saturated carbocycles. The number of hydrogen-bond donors (Lipinski definition) is 1. The van der Waals surface area contributed by atoms with Crippen LogP contribution in [0.3, 0.4) is 0 Å². The van der Waals surface area contributed by atoms with E-state index in [2.05, 4.69) is 34.1 Å². The van der Waals surface area contributed by atoms with Crippen molar-refractivity contribution in [2.24, 2.45) is 0 Å². The van der Waals surface area contributed by atoms with E-state index in [-0.39, 0.29) is 0 Å². The molecular formula is C14H18ClN3. The van der Waals surface area contributed by atoms with Crippen molar-refractivity contribution in [1.82, 2.24) is 14.9 Å². The highest BCUT2D eigenvalue weighted by Gasteiger charge is 2.00. The monoisotopic (exact) mass is 263 g/mol. The maximum Gasteiger partial charge on any atom is 0.0952 e. The summed E-state index contributed by atoms with van der Waals surface area (Å²) in [6.45, 7) is 4.90. The van der Waals surface area contributed by atoms with Crippen molar-refractivity contribution in [3.63, 3.8) is 0 Å². The molecule has 0 aliphatic heterocycles. The number of rotatable bonds is 6. The molecule has 0 saturated heterocycles. The first-order chi connectivity index (χ1) is 8.78. The normalized spacial score (nSPS) is 10.8. The number of nitrogens with zero attached hydrogens (tertiary/aromatic N) is 2. The summed E-state index contributed by atoms with van der Waals surface area (Å²) in [6.07, 6.45) is 4.94. The molecule has 4 heteroatoms. The number of nitrogens with one attached hydrogen (secondary N) is 1. The molecule has 0 atom stereocenters. The third-order valence-electron chi connectivity index (χ3n) is 2.75. The molecule has 2 aromatic rings. The predicted molar refractivity (Wildman–Crippen MR) is 75.0 cm³/mol. The van der Waals surface area contributed by atoms with Crippen molar-refractivity contribution >= 4 is 11.6 Å². The van der Waals surface area contributed by atoms with Crippen LogP contribution in [-0.2, 0) is 13.0 Å². The first kappa shape index (κ1) is 13.1. The molecule has 96 valence electrons. The maximum atomic E-state index is 5.97. The Morgan fingerprint density at radius 3 is 3.06 bits per heavy atom. The van der Waals surface area contributed by atoms with E-state index in [0.29, 0.717) is 0 Å². The van der Waals surface area contributed by atoms with Gasteiger partial charge in [0.15, 0.2) is 0 Å². The minimum absolute atomic E-state index is 0.778. The largest absolute Gasteiger partial charge is 0.333 e. The van der Waals surface area contributed by atoms with E-state index in [9.17, 15) is 0 Å². The Labute approximate surface area is 113 Å². The van der Waals surface area contributed by atoms with Crippen molar-refractivity contribution in [3.05, 3.63) is 53.1 Å². The van der Waals surface area contributed by atoms with Crippen molar-refractivity contribution < 1.29 is 0 Å². The topological polar surface area (TPSA) is 29.9 Å². The van der Waals surface area contributed by atoms with E-state index in [1.807, 2.05) is 24.5 Å². The van der Waals surface area contributed by atoms with Crippen molar-refractivity contribution in [2.75, 3.05) is 13.1 Å². The summed E-state index contributed by atoms with van der Waals surface area (Å²) in [7, 11) is 0. The molecule has 0 bridgehead atoms. The van der Waals surface area contributed by atoms with Crippen LogP contribution >= 0.6 is 11.6 Å². The van der Waals surface area contributed by atoms with Gasteiger partial charge in [-0.15, -0.1) is 0 Å². The predicted octanol–water partition coefficient (Wildman–Crippen LogP) is 2.74. The van der Waals surface area contributed by atoms with E-state index >= 15 is 0 Å². The molecule has 0 aliphatic carbocycles. The fourth-order valence-electron chi connectivity index (χ4n) is 1.86. The van der Waals surface area contributed by atoms with Crippen LogP contribution in [0, 0.1) is 0 Å². The number of aromatic nitrogens is 2. The highest BCUT2D eigenvalue weighted by atomic mass is 35.5. The smallest absolute Gasteiger partial charge is 0.0952 e. The zero-order valence-corrected chi connectivity index (χ0v) is 11.3. The van der Waals surface area contributed by atoms with Crippen LogP contribution in [-0.4, -0.2) is 22.6 Å². The number of hydrogen-bond acceptors (Lipinski definition) is 2. The lowest BCUT2D eigenvalue weighted by Crippen LogP contribution is -2.16. The summed E-state index contributed by atoms with van der Waals surface area (Å²) in [4.78, 5) is 4.40. The third-order valence-corrected chi connectivity index (χ3v) is 2.98. The summed E-state index contributed by atoms with van der Waals surface area (Å²) < 4.78 is 2.09. The van der Waals surface area contributed by atoms with E-state index in [1.165, 1.54) is 5.56 Å². The molecule has 1 aromatic carbocycles. The molecule has 0 amide bonds. The van der Waals surface area contributed by atoms with E-state index in [1.54, 1.807) is 0 Å². The van der Waals surface area contributed by atoms with Gasteiger partial charge in [-0.1, -0.05) is 30.7 Å².